The van der Waals surface area contributed by atoms with Gasteiger partial charge in [-0.25, -0.2) is 0 Å². The predicted octanol–water partition coefficient (Wildman–Crippen LogP) is 4.24. The summed E-state index contributed by atoms with van der Waals surface area (Å²) in [4.78, 5) is 12.3. The summed E-state index contributed by atoms with van der Waals surface area (Å²) in [7, 11) is 0. The number of rotatable bonds is 3. The number of ketones is 1. The molecule has 17 heavy (non-hydrogen) atoms. The minimum absolute atomic E-state index is 0.0628. The summed E-state index contributed by atoms with van der Waals surface area (Å²) in [5.74, 6) is 0.0628. The number of hydrogen-bond acceptors (Lipinski definition) is 1. The van der Waals surface area contributed by atoms with Gasteiger partial charge < -0.3 is 0 Å². The van der Waals surface area contributed by atoms with Gasteiger partial charge in [0.2, 0.25) is 0 Å². The van der Waals surface area contributed by atoms with E-state index in [9.17, 15) is 4.79 Å². The molecule has 0 heterocycles. The molecule has 2 rings (SSSR count). The highest BCUT2D eigenvalue weighted by atomic mass is 79.9. The third-order valence-electron chi connectivity index (χ3n) is 2.72. The molecule has 0 saturated carbocycles. The van der Waals surface area contributed by atoms with Gasteiger partial charge in [-0.3, -0.25) is 4.79 Å². The minimum atomic E-state index is 0.0628. The number of carbonyl (C=O) groups excluding carboxylic acids is 1. The highest BCUT2D eigenvalue weighted by molar-refractivity contribution is 9.10. The van der Waals surface area contributed by atoms with Crippen LogP contribution in [0.3, 0.4) is 0 Å². The Hall–Kier alpha value is -1.41. The first-order chi connectivity index (χ1) is 8.22. The van der Waals surface area contributed by atoms with Gasteiger partial charge in [0, 0.05) is 15.6 Å². The van der Waals surface area contributed by atoms with E-state index < -0.39 is 0 Å². The zero-order chi connectivity index (χ0) is 12.3. The van der Waals surface area contributed by atoms with E-state index in [1.165, 1.54) is 5.56 Å². The summed E-state index contributed by atoms with van der Waals surface area (Å²) in [6.45, 7) is 2.09. The van der Waals surface area contributed by atoms with Gasteiger partial charge >= 0.3 is 0 Å². The Morgan fingerprint density at radius 3 is 2.59 bits per heavy atom. The van der Waals surface area contributed by atoms with Crippen LogP contribution in [-0.4, -0.2) is 5.78 Å². The van der Waals surface area contributed by atoms with E-state index in [4.69, 9.17) is 0 Å². The van der Waals surface area contributed by atoms with Gasteiger partial charge in [0.15, 0.2) is 5.78 Å². The highest BCUT2D eigenvalue weighted by Gasteiger charge is 2.11. The second-order valence-electron chi connectivity index (χ2n) is 3.86. The third-order valence-corrected chi connectivity index (χ3v) is 3.41. The fraction of sp³-hybridized carbons (Fsp3) is 0.133. The average molecular weight is 289 g/mol. The second kappa shape index (κ2) is 5.28. The molecule has 0 N–H and O–H groups in total. The van der Waals surface area contributed by atoms with Crippen molar-refractivity contribution in [2.75, 3.05) is 0 Å². The molecule has 1 nitrogen and oxygen atoms in total. The van der Waals surface area contributed by atoms with Crippen LogP contribution >= 0.6 is 15.9 Å². The fourth-order valence-electron chi connectivity index (χ4n) is 1.73. The lowest BCUT2D eigenvalue weighted by Crippen LogP contribution is -2.02. The van der Waals surface area contributed by atoms with Crippen molar-refractivity contribution in [3.63, 3.8) is 0 Å². The first kappa shape index (κ1) is 12.1. The monoisotopic (exact) mass is 288 g/mol. The fourth-order valence-corrected chi connectivity index (χ4v) is 2.20. The van der Waals surface area contributed by atoms with Gasteiger partial charge in [-0.05, 0) is 30.2 Å². The maximum atomic E-state index is 12.3. The quantitative estimate of drug-likeness (QED) is 0.772. The Bertz CT molecular complexity index is 546. The highest BCUT2D eigenvalue weighted by Crippen LogP contribution is 2.20. The molecule has 0 aliphatic carbocycles. The summed E-state index contributed by atoms with van der Waals surface area (Å²) >= 11 is 3.41. The lowest BCUT2D eigenvalue weighted by molar-refractivity contribution is 0.103. The smallest absolute Gasteiger partial charge is 0.194 e. The van der Waals surface area contributed by atoms with Crippen LogP contribution in [0.1, 0.15) is 28.4 Å². The van der Waals surface area contributed by atoms with Crippen molar-refractivity contribution in [1.29, 1.82) is 0 Å². The predicted molar refractivity (Wildman–Crippen MR) is 73.4 cm³/mol. The number of carbonyl (C=O) groups is 1. The van der Waals surface area contributed by atoms with Crippen LogP contribution in [-0.2, 0) is 6.42 Å². The molecular weight excluding hydrogens is 276 g/mol. The van der Waals surface area contributed by atoms with Crippen molar-refractivity contribution >= 4 is 21.7 Å². The topological polar surface area (TPSA) is 17.1 Å². The molecule has 0 saturated heterocycles. The van der Waals surface area contributed by atoms with Crippen molar-refractivity contribution in [3.8, 4) is 0 Å². The Morgan fingerprint density at radius 1 is 1.12 bits per heavy atom. The van der Waals surface area contributed by atoms with E-state index in [0.717, 1.165) is 16.5 Å². The third kappa shape index (κ3) is 2.64. The Labute approximate surface area is 110 Å². The summed E-state index contributed by atoms with van der Waals surface area (Å²) in [6, 6.07) is 15.3. The SMILES string of the molecule is CCc1cccc(C(=O)c2ccccc2Br)c1. The molecule has 0 bridgehead atoms. The van der Waals surface area contributed by atoms with Gasteiger partial charge in [0.1, 0.15) is 0 Å². The molecule has 0 fully saturated rings. The average Bonchev–Trinajstić information content (AvgIpc) is 2.38. The van der Waals surface area contributed by atoms with E-state index >= 15 is 0 Å². The van der Waals surface area contributed by atoms with Gasteiger partial charge in [0.25, 0.3) is 0 Å². The Kier molecular flexibility index (Phi) is 3.75. The summed E-state index contributed by atoms with van der Waals surface area (Å²) in [5, 5.41) is 0. The van der Waals surface area contributed by atoms with Crippen molar-refractivity contribution in [1.82, 2.24) is 0 Å². The summed E-state index contributed by atoms with van der Waals surface area (Å²) in [6.07, 6.45) is 0.942. The molecule has 0 aromatic heterocycles. The van der Waals surface area contributed by atoms with Crippen LogP contribution in [0.15, 0.2) is 53.0 Å². The Balaban J connectivity index is 2.40. The molecule has 0 spiro atoms. The second-order valence-corrected chi connectivity index (χ2v) is 4.72. The zero-order valence-corrected chi connectivity index (χ0v) is 11.2. The van der Waals surface area contributed by atoms with Gasteiger partial charge in [0.05, 0.1) is 0 Å². The molecule has 0 aliphatic heterocycles. The lowest BCUT2D eigenvalue weighted by atomic mass is 10.0. The Morgan fingerprint density at radius 2 is 1.88 bits per heavy atom. The van der Waals surface area contributed by atoms with Crippen molar-refractivity contribution in [2.45, 2.75) is 13.3 Å². The maximum Gasteiger partial charge on any atom is 0.194 e. The molecule has 2 aromatic carbocycles. The van der Waals surface area contributed by atoms with E-state index in [1.807, 2.05) is 48.5 Å². The van der Waals surface area contributed by atoms with Crippen LogP contribution in [0, 0.1) is 0 Å². The molecule has 0 amide bonds. The van der Waals surface area contributed by atoms with Gasteiger partial charge in [-0.2, -0.15) is 0 Å². The van der Waals surface area contributed by atoms with Crippen LogP contribution < -0.4 is 0 Å². The molecule has 0 atom stereocenters. The van der Waals surface area contributed by atoms with Crippen LogP contribution in [0.2, 0.25) is 0 Å². The summed E-state index contributed by atoms with van der Waals surface area (Å²) in [5.41, 5.74) is 2.64. The molecule has 0 aliphatic rings. The molecular formula is C15H13BrO. The molecule has 2 aromatic rings. The van der Waals surface area contributed by atoms with Crippen LogP contribution in [0.5, 0.6) is 0 Å². The molecule has 86 valence electrons. The molecule has 0 radical (unpaired) electrons. The number of aryl methyl sites for hydroxylation is 1. The van der Waals surface area contributed by atoms with Crippen molar-refractivity contribution in [3.05, 3.63) is 69.7 Å². The molecule has 0 unspecified atom stereocenters. The van der Waals surface area contributed by atoms with E-state index in [1.54, 1.807) is 0 Å². The largest absolute Gasteiger partial charge is 0.289 e. The first-order valence-electron chi connectivity index (χ1n) is 5.60. The lowest BCUT2D eigenvalue weighted by Gasteiger charge is -2.05. The first-order valence-corrected chi connectivity index (χ1v) is 6.40. The summed E-state index contributed by atoms with van der Waals surface area (Å²) < 4.78 is 0.840. The van der Waals surface area contributed by atoms with Gasteiger partial charge in [-0.1, -0.05) is 53.2 Å². The van der Waals surface area contributed by atoms with Crippen LogP contribution in [0.4, 0.5) is 0 Å². The normalized spacial score (nSPS) is 10.2. The molecule has 2 heteroatoms. The van der Waals surface area contributed by atoms with Crippen LogP contribution in [0.25, 0.3) is 0 Å². The van der Waals surface area contributed by atoms with Gasteiger partial charge in [-0.15, -0.1) is 0 Å². The number of hydrogen-bond donors (Lipinski definition) is 0. The van der Waals surface area contributed by atoms with E-state index in [2.05, 4.69) is 22.9 Å². The van der Waals surface area contributed by atoms with Crippen molar-refractivity contribution in [2.24, 2.45) is 0 Å². The standard InChI is InChI=1S/C15H13BrO/c1-2-11-6-5-7-12(10-11)15(17)13-8-3-4-9-14(13)16/h3-10H,2H2,1H3. The van der Waals surface area contributed by atoms with Crippen molar-refractivity contribution < 1.29 is 4.79 Å². The number of benzene rings is 2. The maximum absolute atomic E-state index is 12.3. The van der Waals surface area contributed by atoms with E-state index in [-0.39, 0.29) is 5.78 Å². The van der Waals surface area contributed by atoms with E-state index in [0.29, 0.717) is 5.56 Å². The zero-order valence-electron chi connectivity index (χ0n) is 9.61. The minimum Gasteiger partial charge on any atom is -0.289 e. The number of halogens is 1.